The van der Waals surface area contributed by atoms with Crippen LogP contribution in [-0.4, -0.2) is 5.21 Å². The third-order valence-corrected chi connectivity index (χ3v) is 1.57. The van der Waals surface area contributed by atoms with Gasteiger partial charge >= 0.3 is 0 Å². The molecule has 2 rings (SSSR count). The average molecular weight is 167 g/mol. The van der Waals surface area contributed by atoms with E-state index in [9.17, 15) is 9.60 Å². The van der Waals surface area contributed by atoms with Crippen molar-refractivity contribution in [3.05, 3.63) is 36.5 Å². The van der Waals surface area contributed by atoms with Crippen molar-refractivity contribution in [2.75, 3.05) is 5.06 Å². The summed E-state index contributed by atoms with van der Waals surface area (Å²) in [4.78, 5) is 0. The summed E-state index contributed by atoms with van der Waals surface area (Å²) in [5, 5.41) is 10.1. The monoisotopic (exact) mass is 167 g/mol. The molecule has 0 saturated carbocycles. The first-order chi connectivity index (χ1) is 5.77. The Bertz CT molecular complexity index is 338. The Morgan fingerprint density at radius 1 is 1.42 bits per heavy atom. The molecule has 0 amide bonds. The van der Waals surface area contributed by atoms with Gasteiger partial charge < -0.3 is 4.74 Å². The standard InChI is InChI=1S/C8H6FNO2/c9-6-1-2-7-8(5-6)12-4-3-10(7)11/h1-5,11H. The van der Waals surface area contributed by atoms with Crippen LogP contribution in [0.3, 0.4) is 0 Å². The van der Waals surface area contributed by atoms with Crippen molar-refractivity contribution in [3.63, 3.8) is 0 Å². The molecule has 1 aromatic rings. The lowest BCUT2D eigenvalue weighted by atomic mass is 10.2. The molecule has 0 aliphatic carbocycles. The molecule has 1 N–H and O–H groups in total. The second-order valence-electron chi connectivity index (χ2n) is 2.36. The number of hydrogen-bond acceptors (Lipinski definition) is 3. The molecule has 3 nitrogen and oxygen atoms in total. The van der Waals surface area contributed by atoms with Gasteiger partial charge in [0.1, 0.15) is 17.8 Å². The summed E-state index contributed by atoms with van der Waals surface area (Å²) < 4.78 is 17.6. The largest absolute Gasteiger partial charge is 0.461 e. The Kier molecular flexibility index (Phi) is 1.48. The number of fused-ring (bicyclic) bond motifs is 1. The lowest BCUT2D eigenvalue weighted by Crippen LogP contribution is -2.14. The molecular formula is C8H6FNO2. The Hall–Kier alpha value is -1.55. The van der Waals surface area contributed by atoms with Crippen molar-refractivity contribution < 1.29 is 14.3 Å². The Balaban J connectivity index is 2.51. The SMILES string of the molecule is ON1C=COc2cc(F)ccc21. The van der Waals surface area contributed by atoms with E-state index in [1.807, 2.05) is 0 Å². The maximum atomic E-state index is 12.6. The maximum Gasteiger partial charge on any atom is 0.155 e. The van der Waals surface area contributed by atoms with E-state index in [4.69, 9.17) is 4.74 Å². The minimum Gasteiger partial charge on any atom is -0.461 e. The highest BCUT2D eigenvalue weighted by Gasteiger charge is 2.12. The summed E-state index contributed by atoms with van der Waals surface area (Å²) in [5.41, 5.74) is 0.430. The predicted octanol–water partition coefficient (Wildman–Crippen LogP) is 1.88. The number of hydroxylamine groups is 1. The first-order valence-electron chi connectivity index (χ1n) is 3.38. The molecule has 12 heavy (non-hydrogen) atoms. The van der Waals surface area contributed by atoms with Crippen LogP contribution in [0, 0.1) is 5.82 Å². The van der Waals surface area contributed by atoms with Crippen molar-refractivity contribution in [3.8, 4) is 5.75 Å². The zero-order chi connectivity index (χ0) is 8.55. The lowest BCUT2D eigenvalue weighted by Gasteiger charge is -2.19. The van der Waals surface area contributed by atoms with Crippen LogP contribution in [0.4, 0.5) is 10.1 Å². The first kappa shape index (κ1) is 7.12. The highest BCUT2D eigenvalue weighted by molar-refractivity contribution is 5.59. The Labute approximate surface area is 68.3 Å². The fourth-order valence-corrected chi connectivity index (χ4v) is 1.01. The molecule has 4 heteroatoms. The van der Waals surface area contributed by atoms with Crippen molar-refractivity contribution >= 4 is 5.69 Å². The smallest absolute Gasteiger partial charge is 0.155 e. The number of anilines is 1. The number of halogens is 1. The predicted molar refractivity (Wildman–Crippen MR) is 40.4 cm³/mol. The van der Waals surface area contributed by atoms with Gasteiger partial charge in [0.15, 0.2) is 5.75 Å². The van der Waals surface area contributed by atoms with Crippen LogP contribution >= 0.6 is 0 Å². The zero-order valence-corrected chi connectivity index (χ0v) is 6.07. The van der Waals surface area contributed by atoms with E-state index in [1.165, 1.54) is 30.7 Å². The van der Waals surface area contributed by atoms with Gasteiger partial charge in [0.25, 0.3) is 0 Å². The normalized spacial score (nSPS) is 14.0. The second-order valence-corrected chi connectivity index (χ2v) is 2.36. The lowest BCUT2D eigenvalue weighted by molar-refractivity contribution is 0.280. The Morgan fingerprint density at radius 2 is 2.25 bits per heavy atom. The van der Waals surface area contributed by atoms with Crippen LogP contribution in [-0.2, 0) is 0 Å². The van der Waals surface area contributed by atoms with E-state index in [0.717, 1.165) is 5.06 Å². The van der Waals surface area contributed by atoms with Crippen molar-refractivity contribution in [1.29, 1.82) is 0 Å². The van der Waals surface area contributed by atoms with Gasteiger partial charge in [0, 0.05) is 6.07 Å². The molecule has 1 heterocycles. The van der Waals surface area contributed by atoms with Gasteiger partial charge in [0.05, 0.1) is 6.20 Å². The summed E-state index contributed by atoms with van der Waals surface area (Å²) in [6.45, 7) is 0. The molecule has 0 bridgehead atoms. The molecule has 0 spiro atoms. The van der Waals surface area contributed by atoms with Crippen LogP contribution in [0.15, 0.2) is 30.7 Å². The fourth-order valence-electron chi connectivity index (χ4n) is 1.01. The van der Waals surface area contributed by atoms with E-state index in [2.05, 4.69) is 0 Å². The van der Waals surface area contributed by atoms with Crippen molar-refractivity contribution in [1.82, 2.24) is 0 Å². The molecule has 1 aliphatic heterocycles. The fraction of sp³-hybridized carbons (Fsp3) is 0. The highest BCUT2D eigenvalue weighted by Crippen LogP contribution is 2.30. The van der Waals surface area contributed by atoms with Crippen molar-refractivity contribution in [2.24, 2.45) is 0 Å². The van der Waals surface area contributed by atoms with Crippen LogP contribution in [0.1, 0.15) is 0 Å². The number of hydrogen-bond donors (Lipinski definition) is 1. The molecule has 0 saturated heterocycles. The van der Waals surface area contributed by atoms with Gasteiger partial charge in [-0.3, -0.25) is 5.21 Å². The molecule has 1 aliphatic rings. The van der Waals surface area contributed by atoms with Gasteiger partial charge in [0.2, 0.25) is 0 Å². The average Bonchev–Trinajstić information content (AvgIpc) is 2.04. The number of nitrogens with zero attached hydrogens (tertiary/aromatic N) is 1. The number of rotatable bonds is 0. The zero-order valence-electron chi connectivity index (χ0n) is 6.07. The summed E-state index contributed by atoms with van der Waals surface area (Å²) in [6, 6.07) is 3.90. The molecule has 0 unspecified atom stereocenters. The summed E-state index contributed by atoms with van der Waals surface area (Å²) in [6.07, 6.45) is 2.61. The van der Waals surface area contributed by atoms with E-state index in [-0.39, 0.29) is 0 Å². The van der Waals surface area contributed by atoms with Gasteiger partial charge in [-0.2, -0.15) is 0 Å². The van der Waals surface area contributed by atoms with E-state index in [0.29, 0.717) is 11.4 Å². The van der Waals surface area contributed by atoms with E-state index >= 15 is 0 Å². The maximum absolute atomic E-state index is 12.6. The first-order valence-corrected chi connectivity index (χ1v) is 3.38. The second kappa shape index (κ2) is 2.49. The van der Waals surface area contributed by atoms with Crippen LogP contribution in [0.25, 0.3) is 0 Å². The van der Waals surface area contributed by atoms with Gasteiger partial charge in [-0.05, 0) is 12.1 Å². The number of benzene rings is 1. The van der Waals surface area contributed by atoms with E-state index in [1.54, 1.807) is 0 Å². The quantitative estimate of drug-likeness (QED) is 0.640. The summed E-state index contributed by atoms with van der Waals surface area (Å²) in [5.74, 6) is -0.0857. The third-order valence-electron chi connectivity index (χ3n) is 1.57. The Morgan fingerprint density at radius 3 is 3.08 bits per heavy atom. The van der Waals surface area contributed by atoms with Gasteiger partial charge in [-0.15, -0.1) is 0 Å². The molecule has 0 atom stereocenters. The summed E-state index contributed by atoms with van der Waals surface area (Å²) in [7, 11) is 0. The molecule has 0 aromatic heterocycles. The number of ether oxygens (including phenoxy) is 1. The van der Waals surface area contributed by atoms with E-state index < -0.39 is 5.82 Å². The van der Waals surface area contributed by atoms with Crippen LogP contribution < -0.4 is 9.80 Å². The van der Waals surface area contributed by atoms with Crippen LogP contribution in [0.5, 0.6) is 5.75 Å². The van der Waals surface area contributed by atoms with Crippen molar-refractivity contribution in [2.45, 2.75) is 0 Å². The van der Waals surface area contributed by atoms with Gasteiger partial charge in [-0.25, -0.2) is 9.45 Å². The molecular weight excluding hydrogens is 161 g/mol. The summed E-state index contributed by atoms with van der Waals surface area (Å²) >= 11 is 0. The van der Waals surface area contributed by atoms with Crippen LogP contribution in [0.2, 0.25) is 0 Å². The molecule has 62 valence electrons. The molecule has 0 radical (unpaired) electrons. The molecule has 0 fully saturated rings. The topological polar surface area (TPSA) is 32.7 Å². The third kappa shape index (κ3) is 1.02. The minimum atomic E-state index is -0.391. The van der Waals surface area contributed by atoms with Gasteiger partial charge in [-0.1, -0.05) is 0 Å². The highest BCUT2D eigenvalue weighted by atomic mass is 19.1. The molecule has 1 aromatic carbocycles. The minimum absolute atomic E-state index is 0.306.